The van der Waals surface area contributed by atoms with Crippen LogP contribution < -0.4 is 0 Å². The molecule has 0 spiro atoms. The minimum atomic E-state index is -1.90. The lowest BCUT2D eigenvalue weighted by Crippen LogP contribution is -2.61. The lowest BCUT2D eigenvalue weighted by Gasteiger charge is -2.40. The molecule has 0 aromatic rings. The van der Waals surface area contributed by atoms with E-state index in [1.165, 1.54) is 173 Å². The first-order valence-electron chi connectivity index (χ1n) is 30.7. The number of carbonyl (C=O) groups is 4. The SMILES string of the molecule is CCCCCCCC/C=C\CCCCCCCCCC(=O)OC1C(OCC(COC(=O)CCCCCCCCCCCCCCCCC)OC(=O)CCCCCCCCCCCCC)OC(C(=O)O)C(O)C1O. The van der Waals surface area contributed by atoms with Gasteiger partial charge in [-0.3, -0.25) is 14.4 Å². The quantitative estimate of drug-likeness (QED) is 0.0228. The van der Waals surface area contributed by atoms with E-state index in [0.717, 1.165) is 70.6 Å². The predicted molar refractivity (Wildman–Crippen MR) is 294 cm³/mol. The van der Waals surface area contributed by atoms with E-state index < -0.39 is 67.3 Å². The normalized spacial score (nSPS) is 18.3. The van der Waals surface area contributed by atoms with Gasteiger partial charge in [-0.05, 0) is 44.9 Å². The molecule has 1 aliphatic heterocycles. The Labute approximate surface area is 446 Å². The first-order valence-corrected chi connectivity index (χ1v) is 30.7. The van der Waals surface area contributed by atoms with Crippen LogP contribution in [-0.2, 0) is 42.9 Å². The molecule has 1 fully saturated rings. The second-order valence-electron chi connectivity index (χ2n) is 21.4. The molecule has 0 aromatic heterocycles. The number of aliphatic hydroxyl groups is 2. The number of hydrogen-bond donors (Lipinski definition) is 3. The van der Waals surface area contributed by atoms with Crippen molar-refractivity contribution in [2.75, 3.05) is 13.2 Å². The Morgan fingerprint density at radius 1 is 0.438 bits per heavy atom. The Morgan fingerprint density at radius 2 is 0.781 bits per heavy atom. The summed E-state index contributed by atoms with van der Waals surface area (Å²) in [5.74, 6) is -3.08. The van der Waals surface area contributed by atoms with Gasteiger partial charge in [0.1, 0.15) is 18.8 Å². The molecule has 12 nitrogen and oxygen atoms in total. The third-order valence-corrected chi connectivity index (χ3v) is 14.3. The van der Waals surface area contributed by atoms with Crippen LogP contribution in [0.1, 0.15) is 303 Å². The van der Waals surface area contributed by atoms with Crippen LogP contribution in [0.25, 0.3) is 0 Å². The Balaban J connectivity index is 2.64. The zero-order valence-electron chi connectivity index (χ0n) is 47.2. The van der Waals surface area contributed by atoms with E-state index in [1.54, 1.807) is 0 Å². The number of unbranched alkanes of at least 4 members (excludes halogenated alkanes) is 37. The summed E-state index contributed by atoms with van der Waals surface area (Å²) in [4.78, 5) is 51.1. The minimum Gasteiger partial charge on any atom is -0.479 e. The number of ether oxygens (including phenoxy) is 5. The average Bonchev–Trinajstić information content (AvgIpc) is 3.37. The molecule has 6 unspecified atom stereocenters. The molecule has 12 heteroatoms. The highest BCUT2D eigenvalue weighted by atomic mass is 16.7. The molecule has 0 saturated carbocycles. The van der Waals surface area contributed by atoms with Gasteiger partial charge >= 0.3 is 23.9 Å². The smallest absolute Gasteiger partial charge is 0.335 e. The molecule has 3 N–H and O–H groups in total. The summed E-state index contributed by atoms with van der Waals surface area (Å²) in [5, 5.41) is 31.5. The van der Waals surface area contributed by atoms with E-state index in [0.29, 0.717) is 19.3 Å². The van der Waals surface area contributed by atoms with Crippen molar-refractivity contribution in [3.8, 4) is 0 Å². The maximum atomic E-state index is 13.1. The topological polar surface area (TPSA) is 175 Å². The van der Waals surface area contributed by atoms with Crippen molar-refractivity contribution in [3.63, 3.8) is 0 Å². The number of allylic oxidation sites excluding steroid dienone is 2. The summed E-state index contributed by atoms with van der Waals surface area (Å²) in [5.41, 5.74) is 0. The number of rotatable bonds is 53. The van der Waals surface area contributed by atoms with Gasteiger partial charge < -0.3 is 39.0 Å². The number of esters is 3. The molecule has 73 heavy (non-hydrogen) atoms. The maximum Gasteiger partial charge on any atom is 0.335 e. The Hall–Kier alpha value is -2.54. The van der Waals surface area contributed by atoms with Gasteiger partial charge in [-0.2, -0.15) is 0 Å². The first kappa shape index (κ1) is 68.5. The summed E-state index contributed by atoms with van der Waals surface area (Å²) < 4.78 is 28.5. The van der Waals surface area contributed by atoms with Crippen LogP contribution in [0.5, 0.6) is 0 Å². The third-order valence-electron chi connectivity index (χ3n) is 14.3. The molecule has 428 valence electrons. The molecular weight excluding hydrogens is 925 g/mol. The summed E-state index contributed by atoms with van der Waals surface area (Å²) in [6.07, 6.45) is 43.2. The van der Waals surface area contributed by atoms with Crippen LogP contribution in [-0.4, -0.2) is 89.2 Å². The van der Waals surface area contributed by atoms with Crippen molar-refractivity contribution in [2.45, 2.75) is 340 Å². The molecule has 0 amide bonds. The predicted octanol–water partition coefficient (Wildman–Crippen LogP) is 15.7. The molecule has 1 rings (SSSR count). The number of hydrogen-bond acceptors (Lipinski definition) is 11. The second-order valence-corrected chi connectivity index (χ2v) is 21.4. The van der Waals surface area contributed by atoms with Crippen LogP contribution in [0.3, 0.4) is 0 Å². The number of aliphatic carboxylic acids is 1. The fourth-order valence-corrected chi connectivity index (χ4v) is 9.60. The van der Waals surface area contributed by atoms with Crippen LogP contribution >= 0.6 is 0 Å². The molecule has 0 aliphatic carbocycles. The summed E-state index contributed by atoms with van der Waals surface area (Å²) in [6, 6.07) is 0. The fourth-order valence-electron chi connectivity index (χ4n) is 9.60. The van der Waals surface area contributed by atoms with Gasteiger partial charge in [0.15, 0.2) is 24.6 Å². The van der Waals surface area contributed by atoms with Gasteiger partial charge in [0.25, 0.3) is 0 Å². The highest BCUT2D eigenvalue weighted by Gasteiger charge is 2.50. The molecule has 1 saturated heterocycles. The second kappa shape index (κ2) is 50.3. The van der Waals surface area contributed by atoms with Crippen molar-refractivity contribution in [2.24, 2.45) is 0 Å². The van der Waals surface area contributed by atoms with Gasteiger partial charge in [0, 0.05) is 19.3 Å². The number of carboxylic acids is 1. The monoisotopic (exact) mass is 1040 g/mol. The van der Waals surface area contributed by atoms with E-state index in [4.69, 9.17) is 23.7 Å². The van der Waals surface area contributed by atoms with E-state index in [1.807, 2.05) is 0 Å². The first-order chi connectivity index (χ1) is 35.6. The largest absolute Gasteiger partial charge is 0.479 e. The van der Waals surface area contributed by atoms with Gasteiger partial charge in [0.05, 0.1) is 6.61 Å². The van der Waals surface area contributed by atoms with Crippen LogP contribution in [0.4, 0.5) is 0 Å². The highest BCUT2D eigenvalue weighted by molar-refractivity contribution is 5.74. The number of carboxylic acid groups (broad SMARTS) is 1. The molecule has 0 radical (unpaired) electrons. The lowest BCUT2D eigenvalue weighted by molar-refractivity contribution is -0.301. The minimum absolute atomic E-state index is 0.0619. The summed E-state index contributed by atoms with van der Waals surface area (Å²) in [7, 11) is 0. The third kappa shape index (κ3) is 40.4. The highest BCUT2D eigenvalue weighted by Crippen LogP contribution is 2.27. The van der Waals surface area contributed by atoms with Crippen molar-refractivity contribution in [3.05, 3.63) is 12.2 Å². The van der Waals surface area contributed by atoms with Gasteiger partial charge in [0.2, 0.25) is 0 Å². The Morgan fingerprint density at radius 3 is 1.16 bits per heavy atom. The standard InChI is InChI=1S/C61H112O12/c1-4-7-10-13-16-19-22-24-26-27-29-31-34-37-40-43-46-49-55(64)72-59-57(66)56(65)58(60(67)68)73-61(59)70-51-52(71-54(63)48-45-42-39-36-32-21-18-15-12-9-6-3)50-69-53(62)47-44-41-38-35-33-30-28-25-23-20-17-14-11-8-5-2/h24,26,52,56-59,61,65-66H,4-23,25,27-51H2,1-3H3,(H,67,68)/b26-24-. The Bertz CT molecular complexity index is 1320. The molecule has 1 heterocycles. The summed E-state index contributed by atoms with van der Waals surface area (Å²) in [6.45, 7) is 6.02. The van der Waals surface area contributed by atoms with Crippen LogP contribution in [0.2, 0.25) is 0 Å². The van der Waals surface area contributed by atoms with Crippen molar-refractivity contribution in [1.29, 1.82) is 0 Å². The number of carbonyl (C=O) groups excluding carboxylic acids is 3. The maximum absolute atomic E-state index is 13.1. The van der Waals surface area contributed by atoms with Crippen LogP contribution in [0.15, 0.2) is 12.2 Å². The number of aliphatic hydroxyl groups excluding tert-OH is 2. The van der Waals surface area contributed by atoms with Crippen molar-refractivity contribution < 1.29 is 58.2 Å². The van der Waals surface area contributed by atoms with Gasteiger partial charge in [-0.1, -0.05) is 251 Å². The van der Waals surface area contributed by atoms with Gasteiger partial charge in [-0.15, -0.1) is 0 Å². The Kier molecular flexibility index (Phi) is 47.2. The fraction of sp³-hybridized carbons (Fsp3) is 0.902. The lowest BCUT2D eigenvalue weighted by atomic mass is 9.98. The van der Waals surface area contributed by atoms with Crippen LogP contribution in [0, 0.1) is 0 Å². The zero-order valence-corrected chi connectivity index (χ0v) is 47.2. The average molecular weight is 1040 g/mol. The van der Waals surface area contributed by atoms with Crippen molar-refractivity contribution in [1.82, 2.24) is 0 Å². The molecular formula is C61H112O12. The van der Waals surface area contributed by atoms with Gasteiger partial charge in [-0.25, -0.2) is 4.79 Å². The molecule has 0 bridgehead atoms. The van der Waals surface area contributed by atoms with E-state index >= 15 is 0 Å². The van der Waals surface area contributed by atoms with E-state index in [9.17, 15) is 34.5 Å². The molecule has 1 aliphatic rings. The molecule has 0 aromatic carbocycles. The molecule has 6 atom stereocenters. The zero-order chi connectivity index (χ0) is 53.3. The van der Waals surface area contributed by atoms with Crippen molar-refractivity contribution >= 4 is 23.9 Å². The van der Waals surface area contributed by atoms with E-state index in [-0.39, 0.29) is 25.9 Å². The summed E-state index contributed by atoms with van der Waals surface area (Å²) >= 11 is 0. The van der Waals surface area contributed by atoms with E-state index in [2.05, 4.69) is 32.9 Å².